The third-order valence-electron chi connectivity index (χ3n) is 3.73. The van der Waals surface area contributed by atoms with Gasteiger partial charge in [0.25, 0.3) is 0 Å². The molecule has 0 aliphatic heterocycles. The van der Waals surface area contributed by atoms with Crippen LogP contribution in [-0.2, 0) is 4.84 Å². The molecule has 0 radical (unpaired) electrons. The van der Waals surface area contributed by atoms with E-state index in [4.69, 9.17) is 65.5 Å². The van der Waals surface area contributed by atoms with Gasteiger partial charge in [0.1, 0.15) is 23.5 Å². The van der Waals surface area contributed by atoms with E-state index in [-0.39, 0.29) is 11.1 Å². The van der Waals surface area contributed by atoms with Gasteiger partial charge in [0.15, 0.2) is 5.75 Å². The number of oxime groups is 1. The molecule has 0 aliphatic carbocycles. The fraction of sp³-hybridized carbons (Fsp3) is 0.333. The minimum atomic E-state index is 0.121. The average Bonchev–Trinajstić information content (AvgIpc) is 2.73. The van der Waals surface area contributed by atoms with E-state index in [2.05, 4.69) is 10.1 Å². The molecule has 0 bridgehead atoms. The van der Waals surface area contributed by atoms with Gasteiger partial charge in [0, 0.05) is 36.4 Å². The van der Waals surface area contributed by atoms with E-state index in [1.165, 1.54) is 6.08 Å². The second-order valence-corrected chi connectivity index (χ2v) is 7.87. The standard InChI is InChI=1S/C21H22Cl4N2O4/c1-3-31-27-14(2)15-5-6-20(26-13-15)29-8-4-9-30-21-17(22)11-16(12-18(21)23)28-10-7-19(24)25/h5-7,11-13H,3-4,8-10H2,1-2H3. The fourth-order valence-electron chi connectivity index (χ4n) is 2.26. The Hall–Kier alpha value is -1.86. The number of hydrogen-bond donors (Lipinski definition) is 0. The van der Waals surface area contributed by atoms with Gasteiger partial charge in [-0.2, -0.15) is 0 Å². The van der Waals surface area contributed by atoms with Crippen molar-refractivity contribution in [2.24, 2.45) is 5.16 Å². The van der Waals surface area contributed by atoms with Gasteiger partial charge in [-0.25, -0.2) is 4.98 Å². The topological polar surface area (TPSA) is 62.2 Å². The highest BCUT2D eigenvalue weighted by molar-refractivity contribution is 6.55. The van der Waals surface area contributed by atoms with Crippen molar-refractivity contribution < 1.29 is 19.0 Å². The zero-order chi connectivity index (χ0) is 22.6. The van der Waals surface area contributed by atoms with Crippen molar-refractivity contribution in [3.8, 4) is 17.4 Å². The van der Waals surface area contributed by atoms with Crippen molar-refractivity contribution in [2.45, 2.75) is 20.3 Å². The molecule has 2 rings (SSSR count). The lowest BCUT2D eigenvalue weighted by Gasteiger charge is -2.12. The molecule has 0 spiro atoms. The van der Waals surface area contributed by atoms with Crippen molar-refractivity contribution in [3.63, 3.8) is 0 Å². The fourth-order valence-corrected chi connectivity index (χ4v) is 2.96. The minimum absolute atomic E-state index is 0.121. The predicted molar refractivity (Wildman–Crippen MR) is 125 cm³/mol. The van der Waals surface area contributed by atoms with E-state index in [0.29, 0.717) is 53.7 Å². The molecule has 0 saturated heterocycles. The highest BCUT2D eigenvalue weighted by Crippen LogP contribution is 2.37. The molecule has 1 aromatic carbocycles. The zero-order valence-corrected chi connectivity index (χ0v) is 20.1. The number of aromatic nitrogens is 1. The lowest BCUT2D eigenvalue weighted by atomic mass is 10.2. The Morgan fingerprint density at radius 2 is 1.77 bits per heavy atom. The monoisotopic (exact) mass is 506 g/mol. The number of pyridine rings is 1. The summed E-state index contributed by atoms with van der Waals surface area (Å²) in [5.74, 6) is 1.37. The second-order valence-electron chi connectivity index (χ2n) is 6.05. The summed E-state index contributed by atoms with van der Waals surface area (Å²) in [6.45, 7) is 5.22. The number of benzene rings is 1. The molecule has 0 N–H and O–H groups in total. The van der Waals surface area contributed by atoms with Crippen molar-refractivity contribution >= 4 is 52.1 Å². The molecule has 0 aliphatic rings. The van der Waals surface area contributed by atoms with E-state index in [0.717, 1.165) is 11.3 Å². The molecule has 31 heavy (non-hydrogen) atoms. The van der Waals surface area contributed by atoms with Crippen LogP contribution in [0.3, 0.4) is 0 Å². The molecule has 1 heterocycles. The maximum absolute atomic E-state index is 6.24. The molecular formula is C21H22Cl4N2O4. The lowest BCUT2D eigenvalue weighted by Crippen LogP contribution is -2.07. The Bertz CT molecular complexity index is 878. The van der Waals surface area contributed by atoms with Crippen LogP contribution >= 0.6 is 46.4 Å². The summed E-state index contributed by atoms with van der Waals surface area (Å²) in [5, 5.41) is 4.65. The van der Waals surface area contributed by atoms with Crippen LogP contribution in [0.1, 0.15) is 25.8 Å². The van der Waals surface area contributed by atoms with Gasteiger partial charge in [-0.15, -0.1) is 0 Å². The molecule has 6 nitrogen and oxygen atoms in total. The molecular weight excluding hydrogens is 486 g/mol. The van der Waals surface area contributed by atoms with Gasteiger partial charge in [0.05, 0.1) is 29.0 Å². The number of rotatable bonds is 12. The third-order valence-corrected chi connectivity index (χ3v) is 4.60. The SMILES string of the molecule is CCON=C(C)c1ccc(OCCCOc2c(Cl)cc(OCC=C(Cl)Cl)cc2Cl)nc1. The summed E-state index contributed by atoms with van der Waals surface area (Å²) in [4.78, 5) is 9.30. The van der Waals surface area contributed by atoms with E-state index in [1.807, 2.05) is 19.9 Å². The van der Waals surface area contributed by atoms with Crippen molar-refractivity contribution in [2.75, 3.05) is 26.4 Å². The van der Waals surface area contributed by atoms with Crippen LogP contribution in [0.15, 0.2) is 46.2 Å². The number of nitrogens with zero attached hydrogens (tertiary/aromatic N) is 2. The lowest BCUT2D eigenvalue weighted by molar-refractivity contribution is 0.159. The first-order valence-corrected chi connectivity index (χ1v) is 10.9. The minimum Gasteiger partial charge on any atom is -0.490 e. The van der Waals surface area contributed by atoms with Crippen LogP contribution in [-0.4, -0.2) is 37.1 Å². The van der Waals surface area contributed by atoms with Crippen LogP contribution in [0.5, 0.6) is 17.4 Å². The van der Waals surface area contributed by atoms with Gasteiger partial charge < -0.3 is 19.0 Å². The molecule has 0 atom stereocenters. The van der Waals surface area contributed by atoms with E-state index >= 15 is 0 Å². The molecule has 0 amide bonds. The van der Waals surface area contributed by atoms with Crippen molar-refractivity contribution in [1.29, 1.82) is 0 Å². The maximum atomic E-state index is 6.24. The average molecular weight is 508 g/mol. The quantitative estimate of drug-likeness (QED) is 0.182. The maximum Gasteiger partial charge on any atom is 0.213 e. The first-order valence-electron chi connectivity index (χ1n) is 9.42. The third kappa shape index (κ3) is 9.03. The smallest absolute Gasteiger partial charge is 0.213 e. The van der Waals surface area contributed by atoms with E-state index in [9.17, 15) is 0 Å². The summed E-state index contributed by atoms with van der Waals surface area (Å²) in [6.07, 6.45) is 3.80. The number of ether oxygens (including phenoxy) is 3. The first-order chi connectivity index (χ1) is 14.9. The second kappa shape index (κ2) is 13.5. The van der Waals surface area contributed by atoms with Crippen molar-refractivity contribution in [1.82, 2.24) is 4.98 Å². The Morgan fingerprint density at radius 1 is 1.06 bits per heavy atom. The summed E-state index contributed by atoms with van der Waals surface area (Å²) in [6, 6.07) is 6.87. The van der Waals surface area contributed by atoms with Gasteiger partial charge in [-0.3, -0.25) is 0 Å². The van der Waals surface area contributed by atoms with Crippen LogP contribution in [0, 0.1) is 0 Å². The molecule has 0 unspecified atom stereocenters. The molecule has 168 valence electrons. The summed E-state index contributed by atoms with van der Waals surface area (Å²) in [7, 11) is 0. The van der Waals surface area contributed by atoms with Crippen LogP contribution in [0.4, 0.5) is 0 Å². The van der Waals surface area contributed by atoms with Gasteiger partial charge >= 0.3 is 0 Å². The Morgan fingerprint density at radius 3 is 2.39 bits per heavy atom. The highest BCUT2D eigenvalue weighted by atomic mass is 35.5. The van der Waals surface area contributed by atoms with Gasteiger partial charge in [-0.1, -0.05) is 51.6 Å². The molecule has 2 aromatic rings. The van der Waals surface area contributed by atoms with Crippen LogP contribution in [0.25, 0.3) is 0 Å². The summed E-state index contributed by atoms with van der Waals surface area (Å²) in [5.41, 5.74) is 1.61. The Labute approximate surface area is 201 Å². The molecule has 0 saturated carbocycles. The van der Waals surface area contributed by atoms with Crippen molar-refractivity contribution in [3.05, 3.63) is 56.6 Å². The van der Waals surface area contributed by atoms with Crippen LogP contribution in [0.2, 0.25) is 10.0 Å². The number of hydrogen-bond acceptors (Lipinski definition) is 6. The highest BCUT2D eigenvalue weighted by Gasteiger charge is 2.11. The molecule has 1 aromatic heterocycles. The van der Waals surface area contributed by atoms with Gasteiger partial charge in [-0.05, 0) is 26.0 Å². The van der Waals surface area contributed by atoms with E-state index in [1.54, 1.807) is 24.4 Å². The largest absolute Gasteiger partial charge is 0.490 e. The van der Waals surface area contributed by atoms with Crippen LogP contribution < -0.4 is 14.2 Å². The Kier molecular flexibility index (Phi) is 11.1. The summed E-state index contributed by atoms with van der Waals surface area (Å²) < 4.78 is 16.9. The molecule has 0 fully saturated rings. The van der Waals surface area contributed by atoms with E-state index < -0.39 is 0 Å². The zero-order valence-electron chi connectivity index (χ0n) is 17.0. The normalized spacial score (nSPS) is 11.1. The van der Waals surface area contributed by atoms with Gasteiger partial charge in [0.2, 0.25) is 5.88 Å². The predicted octanol–water partition coefficient (Wildman–Crippen LogP) is 6.69. The molecule has 10 heteroatoms. The first kappa shape index (κ1) is 25.4. The Balaban J connectivity index is 1.78. The number of halogens is 4. The summed E-state index contributed by atoms with van der Waals surface area (Å²) >= 11 is 23.6.